The van der Waals surface area contributed by atoms with Crippen molar-refractivity contribution >= 4 is 10.0 Å². The minimum atomic E-state index is -3.50. The predicted molar refractivity (Wildman–Crippen MR) is 63.7 cm³/mol. The summed E-state index contributed by atoms with van der Waals surface area (Å²) >= 11 is 0. The fourth-order valence-electron chi connectivity index (χ4n) is 1.66. The van der Waals surface area contributed by atoms with Gasteiger partial charge >= 0.3 is 0 Å². The molecule has 0 spiro atoms. The number of sulfonamides is 1. The van der Waals surface area contributed by atoms with Gasteiger partial charge in [-0.3, -0.25) is 0 Å². The maximum absolute atomic E-state index is 12.0. The highest BCUT2D eigenvalue weighted by Crippen LogP contribution is 2.45. The van der Waals surface area contributed by atoms with Gasteiger partial charge in [-0.1, -0.05) is 19.9 Å². The fourth-order valence-corrected chi connectivity index (χ4v) is 3.11. The molecule has 1 fully saturated rings. The Kier molecular flexibility index (Phi) is 2.72. The highest BCUT2D eigenvalue weighted by molar-refractivity contribution is 7.89. The lowest BCUT2D eigenvalue weighted by Crippen LogP contribution is -2.28. The molecule has 1 saturated carbocycles. The lowest BCUT2D eigenvalue weighted by Gasteiger charge is -2.08. The van der Waals surface area contributed by atoms with Gasteiger partial charge in [-0.15, -0.1) is 0 Å². The van der Waals surface area contributed by atoms with Gasteiger partial charge in [0, 0.05) is 6.04 Å². The number of nitriles is 1. The first kappa shape index (κ1) is 12.1. The van der Waals surface area contributed by atoms with E-state index in [1.165, 1.54) is 12.1 Å². The lowest BCUT2D eigenvalue weighted by atomic mass is 10.2. The molecule has 1 atom stereocenters. The summed E-state index contributed by atoms with van der Waals surface area (Å²) in [5.41, 5.74) is 0.392. The van der Waals surface area contributed by atoms with Gasteiger partial charge in [-0.25, -0.2) is 13.1 Å². The average molecular weight is 250 g/mol. The van der Waals surface area contributed by atoms with Crippen LogP contribution in [-0.4, -0.2) is 14.5 Å². The maximum Gasteiger partial charge on any atom is 0.240 e. The molecule has 0 aliphatic heterocycles. The molecule has 1 unspecified atom stereocenters. The van der Waals surface area contributed by atoms with Crippen LogP contribution in [0.5, 0.6) is 0 Å². The van der Waals surface area contributed by atoms with Gasteiger partial charge in [0.15, 0.2) is 0 Å². The third kappa shape index (κ3) is 2.48. The summed E-state index contributed by atoms with van der Waals surface area (Å²) in [5.74, 6) is 0. The number of nitrogens with zero attached hydrogens (tertiary/aromatic N) is 1. The van der Waals surface area contributed by atoms with Crippen LogP contribution in [0.4, 0.5) is 0 Å². The van der Waals surface area contributed by atoms with Crippen molar-refractivity contribution < 1.29 is 8.42 Å². The molecule has 2 rings (SSSR count). The van der Waals surface area contributed by atoms with Gasteiger partial charge in [0.1, 0.15) is 0 Å². The van der Waals surface area contributed by atoms with E-state index in [9.17, 15) is 8.42 Å². The van der Waals surface area contributed by atoms with Crippen LogP contribution in [0.3, 0.4) is 0 Å². The van der Waals surface area contributed by atoms with Crippen LogP contribution in [0.2, 0.25) is 0 Å². The summed E-state index contributed by atoms with van der Waals surface area (Å²) in [7, 11) is -3.50. The Hall–Kier alpha value is -1.38. The second-order valence-corrected chi connectivity index (χ2v) is 6.72. The highest BCUT2D eigenvalue weighted by Gasteiger charge is 2.47. The summed E-state index contributed by atoms with van der Waals surface area (Å²) in [5, 5.41) is 8.74. The second kappa shape index (κ2) is 3.83. The van der Waals surface area contributed by atoms with E-state index in [-0.39, 0.29) is 16.4 Å². The van der Waals surface area contributed by atoms with Gasteiger partial charge in [0.05, 0.1) is 16.5 Å². The Morgan fingerprint density at radius 2 is 2.12 bits per heavy atom. The van der Waals surface area contributed by atoms with Crippen LogP contribution < -0.4 is 4.72 Å². The van der Waals surface area contributed by atoms with E-state index < -0.39 is 10.0 Å². The first-order valence-electron chi connectivity index (χ1n) is 5.38. The van der Waals surface area contributed by atoms with E-state index in [4.69, 9.17) is 5.26 Å². The zero-order valence-electron chi connectivity index (χ0n) is 9.77. The molecule has 90 valence electrons. The zero-order chi connectivity index (χ0) is 12.7. The first-order valence-corrected chi connectivity index (χ1v) is 6.86. The number of rotatable bonds is 3. The number of benzene rings is 1. The van der Waals surface area contributed by atoms with Crippen molar-refractivity contribution in [1.82, 2.24) is 4.72 Å². The summed E-state index contributed by atoms with van der Waals surface area (Å²) in [6.45, 7) is 4.04. The van der Waals surface area contributed by atoms with Crippen LogP contribution in [0.25, 0.3) is 0 Å². The highest BCUT2D eigenvalue weighted by atomic mass is 32.2. The molecule has 1 aromatic carbocycles. The molecule has 17 heavy (non-hydrogen) atoms. The Bertz CT molecular complexity index is 585. The van der Waals surface area contributed by atoms with Crippen LogP contribution in [0, 0.1) is 16.7 Å². The smallest absolute Gasteiger partial charge is 0.208 e. The van der Waals surface area contributed by atoms with Crippen LogP contribution in [0.15, 0.2) is 29.2 Å². The Labute approximate surface area is 101 Å². The minimum Gasteiger partial charge on any atom is -0.208 e. The van der Waals surface area contributed by atoms with Crippen molar-refractivity contribution in [3.8, 4) is 6.07 Å². The standard InChI is InChI=1S/C12H14N2O2S/c1-12(2)7-11(12)14-17(15,16)10-5-3-4-9(6-10)8-13/h3-6,11,14H,7H2,1-2H3. The molecule has 0 aromatic heterocycles. The largest absolute Gasteiger partial charge is 0.240 e. The van der Waals surface area contributed by atoms with Crippen LogP contribution >= 0.6 is 0 Å². The SMILES string of the molecule is CC1(C)CC1NS(=O)(=O)c1cccc(C#N)c1. The molecular weight excluding hydrogens is 236 g/mol. The summed E-state index contributed by atoms with van der Waals surface area (Å²) in [4.78, 5) is 0.152. The molecule has 1 aliphatic rings. The summed E-state index contributed by atoms with van der Waals surface area (Å²) < 4.78 is 26.7. The lowest BCUT2D eigenvalue weighted by molar-refractivity contribution is 0.555. The third-order valence-electron chi connectivity index (χ3n) is 3.08. The molecule has 1 aromatic rings. The number of hydrogen-bond acceptors (Lipinski definition) is 3. The number of hydrogen-bond donors (Lipinski definition) is 1. The summed E-state index contributed by atoms with van der Waals surface area (Å²) in [6, 6.07) is 7.97. The van der Waals surface area contributed by atoms with Gasteiger partial charge in [0.2, 0.25) is 10.0 Å². The van der Waals surface area contributed by atoms with Gasteiger partial charge < -0.3 is 0 Å². The van der Waals surface area contributed by atoms with Gasteiger partial charge in [-0.05, 0) is 30.0 Å². The van der Waals surface area contributed by atoms with E-state index >= 15 is 0 Å². The predicted octanol–water partition coefficient (Wildman–Crippen LogP) is 1.64. The first-order chi connectivity index (χ1) is 7.85. The Morgan fingerprint density at radius 1 is 1.47 bits per heavy atom. The minimum absolute atomic E-state index is 0.00163. The Morgan fingerprint density at radius 3 is 2.65 bits per heavy atom. The summed E-state index contributed by atoms with van der Waals surface area (Å²) in [6.07, 6.45) is 0.851. The topological polar surface area (TPSA) is 70.0 Å². The van der Waals surface area contributed by atoms with Gasteiger partial charge in [0.25, 0.3) is 0 Å². The van der Waals surface area contributed by atoms with E-state index in [2.05, 4.69) is 4.72 Å². The molecule has 1 N–H and O–H groups in total. The van der Waals surface area contributed by atoms with E-state index in [0.29, 0.717) is 5.56 Å². The van der Waals surface area contributed by atoms with E-state index in [1.807, 2.05) is 19.9 Å². The normalized spacial score (nSPS) is 21.8. The Balaban J connectivity index is 2.24. The average Bonchev–Trinajstić information content (AvgIpc) is 2.85. The van der Waals surface area contributed by atoms with Gasteiger partial charge in [-0.2, -0.15) is 5.26 Å². The van der Waals surface area contributed by atoms with Crippen molar-refractivity contribution in [2.24, 2.45) is 5.41 Å². The van der Waals surface area contributed by atoms with Crippen molar-refractivity contribution in [3.05, 3.63) is 29.8 Å². The molecule has 0 amide bonds. The van der Waals surface area contributed by atoms with Crippen molar-refractivity contribution in [3.63, 3.8) is 0 Å². The zero-order valence-corrected chi connectivity index (χ0v) is 10.6. The van der Waals surface area contributed by atoms with Crippen LogP contribution in [0.1, 0.15) is 25.8 Å². The molecule has 0 bridgehead atoms. The van der Waals surface area contributed by atoms with Crippen molar-refractivity contribution in [1.29, 1.82) is 5.26 Å². The molecule has 0 heterocycles. The molecule has 5 heteroatoms. The second-order valence-electron chi connectivity index (χ2n) is 5.01. The molecule has 0 radical (unpaired) electrons. The molecular formula is C12H14N2O2S. The molecule has 1 aliphatic carbocycles. The van der Waals surface area contributed by atoms with Crippen molar-refractivity contribution in [2.45, 2.75) is 31.2 Å². The van der Waals surface area contributed by atoms with E-state index in [0.717, 1.165) is 6.42 Å². The molecule has 4 nitrogen and oxygen atoms in total. The quantitative estimate of drug-likeness (QED) is 0.886. The van der Waals surface area contributed by atoms with Crippen molar-refractivity contribution in [2.75, 3.05) is 0 Å². The van der Waals surface area contributed by atoms with Crippen LogP contribution in [-0.2, 0) is 10.0 Å². The van der Waals surface area contributed by atoms with E-state index in [1.54, 1.807) is 12.1 Å². The monoisotopic (exact) mass is 250 g/mol. The fraction of sp³-hybridized carbons (Fsp3) is 0.417. The molecule has 0 saturated heterocycles. The number of nitrogens with one attached hydrogen (secondary N) is 1. The third-order valence-corrected chi connectivity index (χ3v) is 4.55. The maximum atomic E-state index is 12.0.